The number of anilines is 1. The second-order valence-electron chi connectivity index (χ2n) is 8.98. The van der Waals surface area contributed by atoms with Gasteiger partial charge < -0.3 is 10.4 Å². The molecule has 1 unspecified atom stereocenters. The van der Waals surface area contributed by atoms with Crippen molar-refractivity contribution >= 4 is 17.2 Å². The lowest BCUT2D eigenvalue weighted by Gasteiger charge is -2.34. The Hall–Kier alpha value is -2.59. The maximum absolute atomic E-state index is 12.9. The first-order chi connectivity index (χ1) is 14.7. The number of nitrogens with zero attached hydrogens (tertiary/aromatic N) is 1. The van der Waals surface area contributed by atoms with E-state index in [1.54, 1.807) is 6.07 Å². The monoisotopic (exact) mass is 402 g/mol. The average molecular weight is 403 g/mol. The van der Waals surface area contributed by atoms with E-state index in [1.807, 2.05) is 6.07 Å². The molecule has 2 N–H and O–H groups in total. The standard InChI is InChI=1S/C26H30N2O2/c29-23-11-10-22-24-21(23)9-6-15-26(24,25(30)27-22)14-4-5-16-28-17-12-20(13-18-28)19-7-2-1-3-8-19/h1-3,7-8,10-12,29H,4-6,9,13-18H2,(H,27,30). The Kier molecular flexibility index (Phi) is 5.11. The molecule has 3 aliphatic rings. The zero-order valence-corrected chi connectivity index (χ0v) is 17.5. The summed E-state index contributed by atoms with van der Waals surface area (Å²) in [7, 11) is 0. The number of hydrogen-bond donors (Lipinski definition) is 2. The van der Waals surface area contributed by atoms with Gasteiger partial charge >= 0.3 is 0 Å². The van der Waals surface area contributed by atoms with Crippen molar-refractivity contribution in [2.75, 3.05) is 25.0 Å². The molecule has 0 aromatic heterocycles. The van der Waals surface area contributed by atoms with Crippen LogP contribution in [0.1, 0.15) is 55.2 Å². The molecule has 0 bridgehead atoms. The second-order valence-corrected chi connectivity index (χ2v) is 8.98. The van der Waals surface area contributed by atoms with Crippen LogP contribution in [0.25, 0.3) is 5.57 Å². The smallest absolute Gasteiger partial charge is 0.235 e. The maximum Gasteiger partial charge on any atom is 0.235 e. The Morgan fingerprint density at radius 2 is 1.93 bits per heavy atom. The summed E-state index contributed by atoms with van der Waals surface area (Å²) in [5, 5.41) is 13.4. The topological polar surface area (TPSA) is 52.6 Å². The van der Waals surface area contributed by atoms with Crippen LogP contribution in [-0.4, -0.2) is 35.5 Å². The highest BCUT2D eigenvalue weighted by Crippen LogP contribution is 2.51. The van der Waals surface area contributed by atoms with Crippen molar-refractivity contribution < 1.29 is 9.90 Å². The Morgan fingerprint density at radius 1 is 1.07 bits per heavy atom. The van der Waals surface area contributed by atoms with E-state index in [2.05, 4.69) is 46.6 Å². The Labute approximate surface area is 178 Å². The molecule has 1 atom stereocenters. The molecule has 156 valence electrons. The quantitative estimate of drug-likeness (QED) is 0.535. The highest BCUT2D eigenvalue weighted by atomic mass is 16.3. The molecule has 1 amide bonds. The van der Waals surface area contributed by atoms with Gasteiger partial charge in [-0.3, -0.25) is 9.69 Å². The van der Waals surface area contributed by atoms with E-state index in [9.17, 15) is 9.90 Å². The first-order valence-electron chi connectivity index (χ1n) is 11.3. The third-order valence-corrected chi connectivity index (χ3v) is 7.25. The van der Waals surface area contributed by atoms with Crippen molar-refractivity contribution in [3.05, 3.63) is 65.2 Å². The predicted molar refractivity (Wildman–Crippen MR) is 121 cm³/mol. The van der Waals surface area contributed by atoms with E-state index in [0.717, 1.165) is 81.4 Å². The van der Waals surface area contributed by atoms with Crippen LogP contribution in [-0.2, 0) is 16.6 Å². The Morgan fingerprint density at radius 3 is 2.73 bits per heavy atom. The van der Waals surface area contributed by atoms with Gasteiger partial charge in [0.1, 0.15) is 5.75 Å². The molecule has 1 aliphatic carbocycles. The number of unbranched alkanes of at least 4 members (excludes halogenated alkanes) is 1. The minimum atomic E-state index is -0.427. The normalized spacial score (nSPS) is 23.1. The number of rotatable bonds is 6. The Balaban J connectivity index is 1.19. The molecule has 4 nitrogen and oxygen atoms in total. The van der Waals surface area contributed by atoms with Crippen LogP contribution in [0.5, 0.6) is 5.75 Å². The van der Waals surface area contributed by atoms with Gasteiger partial charge in [0.2, 0.25) is 5.91 Å². The summed E-state index contributed by atoms with van der Waals surface area (Å²) in [5.41, 5.74) is 5.38. The molecule has 2 aliphatic heterocycles. The number of aromatic hydroxyl groups is 1. The highest BCUT2D eigenvalue weighted by Gasteiger charge is 2.49. The van der Waals surface area contributed by atoms with Crippen LogP contribution in [0, 0.1) is 0 Å². The summed E-state index contributed by atoms with van der Waals surface area (Å²) in [6.07, 6.45) is 9.23. The van der Waals surface area contributed by atoms with Gasteiger partial charge in [-0.05, 0) is 73.9 Å². The molecule has 0 spiro atoms. The molecular weight excluding hydrogens is 372 g/mol. The molecule has 0 saturated heterocycles. The number of phenolic OH excluding ortho intramolecular Hbond substituents is 1. The number of nitrogens with one attached hydrogen (secondary N) is 1. The van der Waals surface area contributed by atoms with Crippen LogP contribution in [0.3, 0.4) is 0 Å². The van der Waals surface area contributed by atoms with Crippen molar-refractivity contribution in [1.29, 1.82) is 0 Å². The number of hydrogen-bond acceptors (Lipinski definition) is 3. The van der Waals surface area contributed by atoms with E-state index in [1.165, 1.54) is 11.1 Å². The summed E-state index contributed by atoms with van der Waals surface area (Å²) < 4.78 is 0. The van der Waals surface area contributed by atoms with E-state index in [-0.39, 0.29) is 5.91 Å². The van der Waals surface area contributed by atoms with Gasteiger partial charge in [0.25, 0.3) is 0 Å². The van der Waals surface area contributed by atoms with Crippen molar-refractivity contribution in [3.63, 3.8) is 0 Å². The third kappa shape index (κ3) is 3.33. The lowest BCUT2D eigenvalue weighted by molar-refractivity contribution is -0.121. The second kappa shape index (κ2) is 7.92. The van der Waals surface area contributed by atoms with Gasteiger partial charge in [0.05, 0.1) is 5.41 Å². The Bertz CT molecular complexity index is 982. The number of phenols is 1. The van der Waals surface area contributed by atoms with Crippen molar-refractivity contribution in [1.82, 2.24) is 4.90 Å². The van der Waals surface area contributed by atoms with Crippen molar-refractivity contribution in [3.8, 4) is 5.75 Å². The minimum absolute atomic E-state index is 0.137. The van der Waals surface area contributed by atoms with Gasteiger partial charge in [-0.15, -0.1) is 0 Å². The fraction of sp³-hybridized carbons (Fsp3) is 0.423. The highest BCUT2D eigenvalue weighted by molar-refractivity contribution is 6.07. The van der Waals surface area contributed by atoms with Crippen LogP contribution in [0.2, 0.25) is 0 Å². The third-order valence-electron chi connectivity index (χ3n) is 7.25. The van der Waals surface area contributed by atoms with Gasteiger partial charge in [0, 0.05) is 24.3 Å². The summed E-state index contributed by atoms with van der Waals surface area (Å²) in [4.78, 5) is 15.5. The number of amides is 1. The fourth-order valence-corrected chi connectivity index (χ4v) is 5.66. The van der Waals surface area contributed by atoms with Crippen LogP contribution in [0.4, 0.5) is 5.69 Å². The SMILES string of the molecule is O=C1Nc2ccc(O)c3c2C1(CCCCN1CC=C(c2ccccc2)CC1)CCC3. The van der Waals surface area contributed by atoms with Crippen LogP contribution >= 0.6 is 0 Å². The largest absolute Gasteiger partial charge is 0.508 e. The van der Waals surface area contributed by atoms with Gasteiger partial charge in [-0.2, -0.15) is 0 Å². The molecule has 2 heterocycles. The zero-order chi connectivity index (χ0) is 20.6. The van der Waals surface area contributed by atoms with Gasteiger partial charge in [-0.25, -0.2) is 0 Å². The van der Waals surface area contributed by atoms with Crippen LogP contribution in [0.15, 0.2) is 48.5 Å². The molecule has 0 fully saturated rings. The van der Waals surface area contributed by atoms with E-state index < -0.39 is 5.41 Å². The number of carbonyl (C=O) groups excluding carboxylic acids is 1. The first kappa shape index (κ1) is 19.4. The summed E-state index contributed by atoms with van der Waals surface area (Å²) >= 11 is 0. The van der Waals surface area contributed by atoms with E-state index in [4.69, 9.17) is 0 Å². The number of carbonyl (C=O) groups is 1. The zero-order valence-electron chi connectivity index (χ0n) is 17.5. The molecular formula is C26H30N2O2. The molecule has 30 heavy (non-hydrogen) atoms. The molecule has 0 radical (unpaired) electrons. The van der Waals surface area contributed by atoms with Crippen LogP contribution < -0.4 is 5.32 Å². The predicted octanol–water partition coefficient (Wildman–Crippen LogP) is 4.88. The average Bonchev–Trinajstić information content (AvgIpc) is 3.08. The summed E-state index contributed by atoms with van der Waals surface area (Å²) in [6, 6.07) is 14.3. The summed E-state index contributed by atoms with van der Waals surface area (Å²) in [6.45, 7) is 3.19. The lowest BCUT2D eigenvalue weighted by Crippen LogP contribution is -2.37. The fourth-order valence-electron chi connectivity index (χ4n) is 5.66. The summed E-state index contributed by atoms with van der Waals surface area (Å²) in [5.74, 6) is 0.487. The first-order valence-corrected chi connectivity index (χ1v) is 11.3. The number of benzene rings is 2. The van der Waals surface area contributed by atoms with E-state index in [0.29, 0.717) is 5.75 Å². The maximum atomic E-state index is 12.9. The molecule has 5 rings (SSSR count). The molecule has 0 saturated carbocycles. The lowest BCUT2D eigenvalue weighted by atomic mass is 9.68. The van der Waals surface area contributed by atoms with E-state index >= 15 is 0 Å². The molecule has 4 heteroatoms. The minimum Gasteiger partial charge on any atom is -0.508 e. The van der Waals surface area contributed by atoms with Crippen molar-refractivity contribution in [2.45, 2.75) is 50.4 Å². The van der Waals surface area contributed by atoms with Gasteiger partial charge in [0.15, 0.2) is 0 Å². The van der Waals surface area contributed by atoms with Gasteiger partial charge in [-0.1, -0.05) is 42.8 Å². The molecule has 2 aromatic carbocycles. The molecule has 2 aromatic rings. The van der Waals surface area contributed by atoms with Crippen molar-refractivity contribution in [2.24, 2.45) is 0 Å².